The van der Waals surface area contributed by atoms with Gasteiger partial charge in [-0.15, -0.1) is 0 Å². The predicted molar refractivity (Wildman–Crippen MR) is 90.8 cm³/mol. The lowest BCUT2D eigenvalue weighted by Crippen LogP contribution is -2.46. The fourth-order valence-corrected chi connectivity index (χ4v) is 4.64. The first-order valence-corrected chi connectivity index (χ1v) is 9.48. The molecule has 1 fully saturated rings. The van der Waals surface area contributed by atoms with E-state index in [1.165, 1.54) is 4.31 Å². The van der Waals surface area contributed by atoms with Crippen LogP contribution in [-0.4, -0.2) is 42.3 Å². The van der Waals surface area contributed by atoms with Crippen molar-refractivity contribution in [3.63, 3.8) is 0 Å². The van der Waals surface area contributed by atoms with Crippen molar-refractivity contribution in [3.05, 3.63) is 54.9 Å². The topological polar surface area (TPSA) is 71.4 Å². The van der Waals surface area contributed by atoms with Gasteiger partial charge in [0.25, 0.3) is 0 Å². The van der Waals surface area contributed by atoms with Crippen molar-refractivity contribution in [3.8, 4) is 0 Å². The Bertz CT molecular complexity index is 773. The van der Waals surface area contributed by atoms with Gasteiger partial charge in [-0.1, -0.05) is 18.2 Å². The summed E-state index contributed by atoms with van der Waals surface area (Å²) in [5, 5.41) is 2.85. The molecule has 1 aliphatic rings. The Labute approximate surface area is 142 Å². The second kappa shape index (κ2) is 7.19. The van der Waals surface area contributed by atoms with E-state index in [4.69, 9.17) is 0 Å². The summed E-state index contributed by atoms with van der Waals surface area (Å²) < 4.78 is 28.8. The molecule has 24 heavy (non-hydrogen) atoms. The third-order valence-electron chi connectivity index (χ3n) is 4.19. The summed E-state index contributed by atoms with van der Waals surface area (Å²) in [7, 11) is -3.63. The molecule has 0 radical (unpaired) electrons. The first-order valence-electron chi connectivity index (χ1n) is 8.04. The molecule has 0 spiro atoms. The molecular formula is C17H21N3O3S. The molecule has 1 saturated heterocycles. The summed E-state index contributed by atoms with van der Waals surface area (Å²) >= 11 is 0. The lowest BCUT2D eigenvalue weighted by molar-refractivity contribution is -0.124. The number of aromatic nitrogens is 1. The van der Waals surface area contributed by atoms with Crippen LogP contribution >= 0.6 is 0 Å². The van der Waals surface area contributed by atoms with Crippen LogP contribution in [0.4, 0.5) is 0 Å². The zero-order valence-electron chi connectivity index (χ0n) is 13.3. The minimum Gasteiger partial charge on any atom is -0.353 e. The van der Waals surface area contributed by atoms with Crippen molar-refractivity contribution in [1.29, 1.82) is 0 Å². The number of nitrogens with zero attached hydrogens (tertiary/aromatic N) is 2. The number of sulfonamides is 1. The van der Waals surface area contributed by atoms with Gasteiger partial charge in [0.05, 0.1) is 4.90 Å². The van der Waals surface area contributed by atoms with Crippen LogP contribution in [0.25, 0.3) is 0 Å². The number of carbonyl (C=O) groups excluding carboxylic acids is 1. The van der Waals surface area contributed by atoms with Gasteiger partial charge in [-0.25, -0.2) is 8.42 Å². The van der Waals surface area contributed by atoms with Gasteiger partial charge in [0, 0.05) is 32.0 Å². The summed E-state index contributed by atoms with van der Waals surface area (Å²) in [6.07, 6.45) is 5.10. The second-order valence-corrected chi connectivity index (χ2v) is 7.69. The van der Waals surface area contributed by atoms with Gasteiger partial charge in [-0.3, -0.25) is 4.79 Å². The molecule has 0 aliphatic carbocycles. The molecule has 6 nitrogen and oxygen atoms in total. The molecule has 0 saturated carbocycles. The first kappa shape index (κ1) is 16.7. The van der Waals surface area contributed by atoms with E-state index in [1.807, 2.05) is 29.1 Å². The molecule has 1 N–H and O–H groups in total. The smallest absolute Gasteiger partial charge is 0.243 e. The summed E-state index contributed by atoms with van der Waals surface area (Å²) in [5.41, 5.74) is 0. The fourth-order valence-electron chi connectivity index (χ4n) is 2.96. The van der Waals surface area contributed by atoms with Gasteiger partial charge < -0.3 is 9.88 Å². The Hall–Kier alpha value is -2.12. The van der Waals surface area contributed by atoms with Gasteiger partial charge in [0.15, 0.2) is 0 Å². The molecular weight excluding hydrogens is 326 g/mol. The van der Waals surface area contributed by atoms with E-state index in [9.17, 15) is 13.2 Å². The molecule has 1 aromatic carbocycles. The normalized spacial score (nSPS) is 18.6. The maximum absolute atomic E-state index is 12.8. The van der Waals surface area contributed by atoms with E-state index < -0.39 is 16.1 Å². The van der Waals surface area contributed by atoms with Gasteiger partial charge >= 0.3 is 0 Å². The molecule has 2 heterocycles. The predicted octanol–water partition coefficient (Wildman–Crippen LogP) is 1.46. The highest BCUT2D eigenvalue weighted by Gasteiger charge is 2.39. The van der Waals surface area contributed by atoms with Crippen molar-refractivity contribution in [2.45, 2.75) is 30.3 Å². The van der Waals surface area contributed by atoms with Crippen LogP contribution in [0.1, 0.15) is 12.8 Å². The van der Waals surface area contributed by atoms with E-state index in [1.54, 1.807) is 30.3 Å². The highest BCUT2D eigenvalue weighted by atomic mass is 32.2. The van der Waals surface area contributed by atoms with Crippen LogP contribution in [0, 0.1) is 0 Å². The maximum atomic E-state index is 12.8. The molecule has 1 atom stereocenters. The quantitative estimate of drug-likeness (QED) is 0.860. The number of nitrogens with one attached hydrogen (secondary N) is 1. The molecule has 7 heteroatoms. The van der Waals surface area contributed by atoms with Crippen molar-refractivity contribution >= 4 is 15.9 Å². The van der Waals surface area contributed by atoms with E-state index in [2.05, 4.69) is 5.32 Å². The summed E-state index contributed by atoms with van der Waals surface area (Å²) in [6, 6.07) is 11.5. The zero-order valence-corrected chi connectivity index (χ0v) is 14.2. The number of hydrogen-bond donors (Lipinski definition) is 1. The lowest BCUT2D eigenvalue weighted by Gasteiger charge is -2.23. The molecule has 0 bridgehead atoms. The zero-order chi connectivity index (χ0) is 17.0. The minimum atomic E-state index is -3.63. The number of amides is 1. The first-order chi connectivity index (χ1) is 11.6. The van der Waals surface area contributed by atoms with Crippen molar-refractivity contribution in [2.75, 3.05) is 13.1 Å². The average molecular weight is 347 g/mol. The monoisotopic (exact) mass is 347 g/mol. The molecule has 1 aliphatic heterocycles. The van der Waals surface area contributed by atoms with Gasteiger partial charge in [-0.05, 0) is 37.1 Å². The van der Waals surface area contributed by atoms with Crippen LogP contribution in [0.15, 0.2) is 59.8 Å². The van der Waals surface area contributed by atoms with Crippen LogP contribution in [0.2, 0.25) is 0 Å². The van der Waals surface area contributed by atoms with Crippen LogP contribution in [0.5, 0.6) is 0 Å². The Morgan fingerprint density at radius 2 is 1.83 bits per heavy atom. The Morgan fingerprint density at radius 3 is 2.54 bits per heavy atom. The second-order valence-electron chi connectivity index (χ2n) is 5.80. The lowest BCUT2D eigenvalue weighted by atomic mass is 10.2. The number of benzene rings is 1. The Morgan fingerprint density at radius 1 is 1.12 bits per heavy atom. The number of rotatable bonds is 6. The average Bonchev–Trinajstić information content (AvgIpc) is 3.27. The standard InChI is InChI=1S/C17H21N3O3S/c21-17(18-10-14-19-11-4-5-12-19)16-9-6-13-20(16)24(22,23)15-7-2-1-3-8-15/h1-5,7-8,11-12,16H,6,9-10,13-14H2,(H,18,21)/t16-/m0/s1. The number of carbonyl (C=O) groups is 1. The van der Waals surface area contributed by atoms with Gasteiger partial charge in [-0.2, -0.15) is 4.31 Å². The third kappa shape index (κ3) is 3.52. The van der Waals surface area contributed by atoms with Crippen molar-refractivity contribution in [2.24, 2.45) is 0 Å². The van der Waals surface area contributed by atoms with Crippen LogP contribution in [0.3, 0.4) is 0 Å². The molecule has 1 aromatic heterocycles. The third-order valence-corrected chi connectivity index (χ3v) is 6.11. The van der Waals surface area contributed by atoms with E-state index in [0.717, 1.165) is 0 Å². The molecule has 3 rings (SSSR count). The maximum Gasteiger partial charge on any atom is 0.243 e. The fraction of sp³-hybridized carbons (Fsp3) is 0.353. The van der Waals surface area contributed by atoms with E-state index in [0.29, 0.717) is 32.5 Å². The highest BCUT2D eigenvalue weighted by molar-refractivity contribution is 7.89. The molecule has 1 amide bonds. The molecule has 2 aromatic rings. The van der Waals surface area contributed by atoms with Crippen LogP contribution in [-0.2, 0) is 21.4 Å². The molecule has 0 unspecified atom stereocenters. The molecule has 128 valence electrons. The Kier molecular flexibility index (Phi) is 5.01. The SMILES string of the molecule is O=C(NCCn1cccc1)[C@@H]1CCCN1S(=O)(=O)c1ccccc1. The van der Waals surface area contributed by atoms with Crippen molar-refractivity contribution < 1.29 is 13.2 Å². The highest BCUT2D eigenvalue weighted by Crippen LogP contribution is 2.26. The summed E-state index contributed by atoms with van der Waals surface area (Å²) in [6.45, 7) is 1.52. The Balaban J connectivity index is 1.65. The van der Waals surface area contributed by atoms with E-state index >= 15 is 0 Å². The van der Waals surface area contributed by atoms with Crippen molar-refractivity contribution in [1.82, 2.24) is 14.2 Å². The van der Waals surface area contributed by atoms with Gasteiger partial charge in [0.1, 0.15) is 6.04 Å². The summed E-state index contributed by atoms with van der Waals surface area (Å²) in [4.78, 5) is 12.7. The largest absolute Gasteiger partial charge is 0.353 e. The number of hydrogen-bond acceptors (Lipinski definition) is 3. The minimum absolute atomic E-state index is 0.223. The summed E-state index contributed by atoms with van der Waals surface area (Å²) in [5.74, 6) is -0.223. The van der Waals surface area contributed by atoms with Crippen LogP contribution < -0.4 is 5.32 Å². The van der Waals surface area contributed by atoms with Gasteiger partial charge in [0.2, 0.25) is 15.9 Å². The van der Waals surface area contributed by atoms with E-state index in [-0.39, 0.29) is 10.8 Å².